The Morgan fingerprint density at radius 1 is 1.14 bits per heavy atom. The van der Waals surface area contributed by atoms with Gasteiger partial charge in [-0.15, -0.1) is 0 Å². The standard InChI is InChI=1S/C20H18ClN5O3/c21-16-8-7-14(10-23-16)20(28)26-9-1-2-15(11-26)19-24-18(25-29-19)13-5-3-12(4-6-13)17(22)27/h3-8,10,15H,1-2,9,11H2,(H2,22,27). The van der Waals surface area contributed by atoms with E-state index in [1.807, 2.05) is 0 Å². The number of hydrogen-bond donors (Lipinski definition) is 1. The van der Waals surface area contributed by atoms with Gasteiger partial charge in [0, 0.05) is 30.4 Å². The number of hydrogen-bond acceptors (Lipinski definition) is 6. The van der Waals surface area contributed by atoms with Crippen molar-refractivity contribution in [2.24, 2.45) is 5.73 Å². The zero-order valence-electron chi connectivity index (χ0n) is 15.4. The van der Waals surface area contributed by atoms with Crippen LogP contribution >= 0.6 is 11.6 Å². The first kappa shape index (κ1) is 19.1. The third-order valence-corrected chi connectivity index (χ3v) is 5.13. The molecule has 4 rings (SSSR count). The van der Waals surface area contributed by atoms with Crippen molar-refractivity contribution in [1.29, 1.82) is 0 Å². The van der Waals surface area contributed by atoms with E-state index in [2.05, 4.69) is 15.1 Å². The highest BCUT2D eigenvalue weighted by atomic mass is 35.5. The maximum atomic E-state index is 12.7. The molecule has 8 nitrogen and oxygen atoms in total. The number of nitrogens with two attached hydrogens (primary N) is 1. The lowest BCUT2D eigenvalue weighted by molar-refractivity contribution is 0.0695. The van der Waals surface area contributed by atoms with E-state index < -0.39 is 5.91 Å². The predicted octanol–water partition coefficient (Wildman–Crippen LogP) is 2.90. The number of amides is 2. The van der Waals surface area contributed by atoms with Gasteiger partial charge >= 0.3 is 0 Å². The van der Waals surface area contributed by atoms with Gasteiger partial charge in [0.05, 0.1) is 11.5 Å². The molecule has 1 atom stereocenters. The molecule has 1 saturated heterocycles. The Bertz CT molecular complexity index is 1030. The van der Waals surface area contributed by atoms with Crippen molar-refractivity contribution in [2.75, 3.05) is 13.1 Å². The highest BCUT2D eigenvalue weighted by Gasteiger charge is 2.29. The molecular weight excluding hydrogens is 394 g/mol. The average molecular weight is 412 g/mol. The topological polar surface area (TPSA) is 115 Å². The summed E-state index contributed by atoms with van der Waals surface area (Å²) in [6.07, 6.45) is 3.17. The van der Waals surface area contributed by atoms with E-state index in [1.165, 1.54) is 6.20 Å². The van der Waals surface area contributed by atoms with Crippen molar-refractivity contribution in [3.05, 3.63) is 64.8 Å². The SMILES string of the molecule is NC(=O)c1ccc(-c2noc(C3CCCN(C(=O)c4ccc(Cl)nc4)C3)n2)cc1. The fourth-order valence-electron chi connectivity index (χ4n) is 3.35. The largest absolute Gasteiger partial charge is 0.366 e. The minimum atomic E-state index is -0.492. The van der Waals surface area contributed by atoms with Crippen molar-refractivity contribution in [2.45, 2.75) is 18.8 Å². The molecule has 0 saturated carbocycles. The Balaban J connectivity index is 1.48. The number of halogens is 1. The second kappa shape index (κ2) is 8.00. The van der Waals surface area contributed by atoms with Gasteiger partial charge in [0.2, 0.25) is 17.6 Å². The van der Waals surface area contributed by atoms with Crippen molar-refractivity contribution >= 4 is 23.4 Å². The van der Waals surface area contributed by atoms with Gasteiger partial charge in [-0.25, -0.2) is 4.98 Å². The number of aromatic nitrogens is 3. The maximum Gasteiger partial charge on any atom is 0.255 e. The number of nitrogens with zero attached hydrogens (tertiary/aromatic N) is 4. The number of primary amides is 1. The van der Waals surface area contributed by atoms with E-state index in [-0.39, 0.29) is 11.8 Å². The second-order valence-electron chi connectivity index (χ2n) is 6.86. The summed E-state index contributed by atoms with van der Waals surface area (Å²) in [5.41, 5.74) is 6.89. The zero-order valence-corrected chi connectivity index (χ0v) is 16.2. The zero-order chi connectivity index (χ0) is 20.4. The number of carbonyl (C=O) groups is 2. The highest BCUT2D eigenvalue weighted by molar-refractivity contribution is 6.29. The number of carbonyl (C=O) groups excluding carboxylic acids is 2. The molecule has 1 aliphatic heterocycles. The smallest absolute Gasteiger partial charge is 0.255 e. The van der Waals surface area contributed by atoms with Crippen molar-refractivity contribution in [3.8, 4) is 11.4 Å². The first-order valence-electron chi connectivity index (χ1n) is 9.16. The number of likely N-dealkylation sites (tertiary alicyclic amines) is 1. The summed E-state index contributed by atoms with van der Waals surface area (Å²) in [5, 5.41) is 4.39. The molecule has 1 aromatic carbocycles. The van der Waals surface area contributed by atoms with Crippen LogP contribution in [-0.2, 0) is 0 Å². The quantitative estimate of drug-likeness (QED) is 0.660. The number of rotatable bonds is 4. The van der Waals surface area contributed by atoms with E-state index in [4.69, 9.17) is 21.9 Å². The van der Waals surface area contributed by atoms with E-state index in [0.717, 1.165) is 18.4 Å². The predicted molar refractivity (Wildman–Crippen MR) is 105 cm³/mol. The summed E-state index contributed by atoms with van der Waals surface area (Å²) in [7, 11) is 0. The number of benzene rings is 1. The van der Waals surface area contributed by atoms with Gasteiger partial charge in [-0.1, -0.05) is 28.9 Å². The lowest BCUT2D eigenvalue weighted by Crippen LogP contribution is -2.39. The highest BCUT2D eigenvalue weighted by Crippen LogP contribution is 2.28. The molecule has 3 aromatic rings. The monoisotopic (exact) mass is 411 g/mol. The molecular formula is C20H18ClN5O3. The van der Waals surface area contributed by atoms with Gasteiger partial charge in [-0.05, 0) is 37.1 Å². The van der Waals surface area contributed by atoms with Crippen LogP contribution in [0.1, 0.15) is 45.4 Å². The van der Waals surface area contributed by atoms with Crippen LogP contribution in [0.5, 0.6) is 0 Å². The molecule has 148 valence electrons. The normalized spacial score (nSPS) is 16.6. The van der Waals surface area contributed by atoms with Crippen LogP contribution < -0.4 is 5.73 Å². The van der Waals surface area contributed by atoms with Crippen LogP contribution in [0.25, 0.3) is 11.4 Å². The minimum Gasteiger partial charge on any atom is -0.366 e. The van der Waals surface area contributed by atoms with Gasteiger partial charge in [0.15, 0.2) is 0 Å². The molecule has 0 spiro atoms. The molecule has 2 aromatic heterocycles. The van der Waals surface area contributed by atoms with Gasteiger partial charge in [-0.3, -0.25) is 9.59 Å². The Hall–Kier alpha value is -3.26. The maximum absolute atomic E-state index is 12.7. The Morgan fingerprint density at radius 3 is 2.59 bits per heavy atom. The van der Waals surface area contributed by atoms with Crippen molar-refractivity contribution in [1.82, 2.24) is 20.0 Å². The van der Waals surface area contributed by atoms with Crippen molar-refractivity contribution in [3.63, 3.8) is 0 Å². The van der Waals surface area contributed by atoms with E-state index in [9.17, 15) is 9.59 Å². The lowest BCUT2D eigenvalue weighted by Gasteiger charge is -2.31. The molecule has 0 aliphatic carbocycles. The van der Waals surface area contributed by atoms with Crippen LogP contribution in [0.2, 0.25) is 5.15 Å². The molecule has 1 aliphatic rings. The van der Waals surface area contributed by atoms with Gasteiger partial charge in [0.1, 0.15) is 5.15 Å². The number of pyridine rings is 1. The van der Waals surface area contributed by atoms with Gasteiger partial charge in [0.25, 0.3) is 5.91 Å². The van der Waals surface area contributed by atoms with Crippen LogP contribution in [0.3, 0.4) is 0 Å². The Kier molecular flexibility index (Phi) is 5.26. The Labute approximate surface area is 171 Å². The summed E-state index contributed by atoms with van der Waals surface area (Å²) >= 11 is 5.80. The first-order chi connectivity index (χ1) is 14.0. The van der Waals surface area contributed by atoms with Crippen molar-refractivity contribution < 1.29 is 14.1 Å². The summed E-state index contributed by atoms with van der Waals surface area (Å²) in [5.74, 6) is 0.292. The molecule has 1 unspecified atom stereocenters. The van der Waals surface area contributed by atoms with Gasteiger partial charge < -0.3 is 15.2 Å². The third kappa shape index (κ3) is 4.12. The van der Waals surface area contributed by atoms with Crippen LogP contribution in [-0.4, -0.2) is 44.9 Å². The molecule has 0 radical (unpaired) electrons. The fraction of sp³-hybridized carbons (Fsp3) is 0.250. The molecule has 2 amide bonds. The molecule has 1 fully saturated rings. The summed E-state index contributed by atoms with van der Waals surface area (Å²) in [6.45, 7) is 1.15. The number of piperidine rings is 1. The van der Waals surface area contributed by atoms with Crippen LogP contribution in [0.4, 0.5) is 0 Å². The first-order valence-corrected chi connectivity index (χ1v) is 9.54. The third-order valence-electron chi connectivity index (χ3n) is 4.90. The lowest BCUT2D eigenvalue weighted by atomic mass is 9.97. The average Bonchev–Trinajstić information content (AvgIpc) is 3.24. The van der Waals surface area contributed by atoms with E-state index in [0.29, 0.717) is 41.1 Å². The fourth-order valence-corrected chi connectivity index (χ4v) is 3.46. The van der Waals surface area contributed by atoms with Gasteiger partial charge in [-0.2, -0.15) is 4.98 Å². The second-order valence-corrected chi connectivity index (χ2v) is 7.24. The summed E-state index contributed by atoms with van der Waals surface area (Å²) < 4.78 is 5.47. The summed E-state index contributed by atoms with van der Waals surface area (Å²) in [4.78, 5) is 34.2. The molecule has 29 heavy (non-hydrogen) atoms. The van der Waals surface area contributed by atoms with Crippen LogP contribution in [0, 0.1) is 0 Å². The minimum absolute atomic E-state index is 0.0425. The van der Waals surface area contributed by atoms with E-state index in [1.54, 1.807) is 41.3 Å². The molecule has 2 N–H and O–H groups in total. The van der Waals surface area contributed by atoms with E-state index >= 15 is 0 Å². The molecule has 9 heteroatoms. The molecule has 0 bridgehead atoms. The van der Waals surface area contributed by atoms with Crippen LogP contribution in [0.15, 0.2) is 47.1 Å². The molecule has 3 heterocycles. The Morgan fingerprint density at radius 2 is 1.90 bits per heavy atom. The summed E-state index contributed by atoms with van der Waals surface area (Å²) in [6, 6.07) is 9.95.